The molecular formula is C20H25ClN2O4. The lowest BCUT2D eigenvalue weighted by molar-refractivity contribution is -0.114. The van der Waals surface area contributed by atoms with Gasteiger partial charge in [-0.05, 0) is 54.9 Å². The predicted octanol–water partition coefficient (Wildman–Crippen LogP) is 3.10. The average Bonchev–Trinajstić information content (AvgIpc) is 2.65. The number of carbonyl (C=O) groups is 2. The number of hydrogen-bond donors (Lipinski definition) is 2. The molecule has 0 atom stereocenters. The molecule has 0 bridgehead atoms. The van der Waals surface area contributed by atoms with E-state index in [1.54, 1.807) is 38.5 Å². The van der Waals surface area contributed by atoms with E-state index in [1.165, 1.54) is 6.92 Å². The third-order valence-corrected chi connectivity index (χ3v) is 3.85. The Morgan fingerprint density at radius 1 is 0.963 bits per heavy atom. The number of carbonyl (C=O) groups excluding carboxylic acids is 2. The summed E-state index contributed by atoms with van der Waals surface area (Å²) in [5.41, 5.74) is 2.38. The highest BCUT2D eigenvalue weighted by Crippen LogP contribution is 2.27. The van der Waals surface area contributed by atoms with E-state index in [-0.39, 0.29) is 30.6 Å². The van der Waals surface area contributed by atoms with Crippen LogP contribution in [-0.2, 0) is 11.2 Å². The van der Waals surface area contributed by atoms with E-state index in [2.05, 4.69) is 10.6 Å². The van der Waals surface area contributed by atoms with Crippen LogP contribution in [0.4, 0.5) is 5.69 Å². The Labute approximate surface area is 165 Å². The molecule has 0 fully saturated rings. The molecule has 0 heterocycles. The van der Waals surface area contributed by atoms with Crippen molar-refractivity contribution in [3.05, 3.63) is 53.6 Å². The van der Waals surface area contributed by atoms with Gasteiger partial charge in [0.15, 0.2) is 17.3 Å². The van der Waals surface area contributed by atoms with Crippen molar-refractivity contribution >= 4 is 29.8 Å². The van der Waals surface area contributed by atoms with E-state index in [9.17, 15) is 9.59 Å². The van der Waals surface area contributed by atoms with Gasteiger partial charge in [-0.1, -0.05) is 6.07 Å². The number of anilines is 1. The Bertz CT molecular complexity index is 763. The van der Waals surface area contributed by atoms with Gasteiger partial charge in [-0.2, -0.15) is 0 Å². The number of rotatable bonds is 9. The minimum absolute atomic E-state index is 0. The Morgan fingerprint density at radius 2 is 1.63 bits per heavy atom. The second-order valence-electron chi connectivity index (χ2n) is 5.80. The zero-order valence-corrected chi connectivity index (χ0v) is 16.5. The molecule has 6 nitrogen and oxygen atoms in total. The van der Waals surface area contributed by atoms with E-state index in [0.29, 0.717) is 29.3 Å². The van der Waals surface area contributed by atoms with E-state index in [4.69, 9.17) is 9.47 Å². The van der Waals surface area contributed by atoms with Crippen LogP contribution in [0.3, 0.4) is 0 Å². The van der Waals surface area contributed by atoms with Gasteiger partial charge in [0, 0.05) is 18.2 Å². The Hall–Kier alpha value is -2.57. The van der Waals surface area contributed by atoms with Gasteiger partial charge >= 0.3 is 0 Å². The smallest absolute Gasteiger partial charge is 0.221 e. The highest BCUT2D eigenvalue weighted by molar-refractivity contribution is 5.98. The standard InChI is InChI=1S/C20H24N2O4.ClH/c1-14(23)22-17-7-5-16(6-8-17)18(24)13-21-11-10-15-4-9-19(25-2)20(12-15)26-3;/h4-9,12,21H,10-11,13H2,1-3H3,(H,22,23);1H. The number of halogens is 1. The van der Waals surface area contributed by atoms with E-state index in [1.807, 2.05) is 18.2 Å². The first-order valence-electron chi connectivity index (χ1n) is 8.36. The number of benzene rings is 2. The molecule has 7 heteroatoms. The van der Waals surface area contributed by atoms with Crippen molar-refractivity contribution in [2.24, 2.45) is 0 Å². The first-order chi connectivity index (χ1) is 12.5. The van der Waals surface area contributed by atoms with E-state index >= 15 is 0 Å². The molecule has 0 saturated heterocycles. The molecule has 0 aliphatic carbocycles. The topological polar surface area (TPSA) is 76.7 Å². The summed E-state index contributed by atoms with van der Waals surface area (Å²) in [6, 6.07) is 12.6. The number of ketones is 1. The van der Waals surface area contributed by atoms with Crippen molar-refractivity contribution in [3.8, 4) is 11.5 Å². The van der Waals surface area contributed by atoms with E-state index < -0.39 is 0 Å². The summed E-state index contributed by atoms with van der Waals surface area (Å²) < 4.78 is 10.5. The van der Waals surface area contributed by atoms with E-state index in [0.717, 1.165) is 12.0 Å². The van der Waals surface area contributed by atoms with Crippen molar-refractivity contribution in [1.29, 1.82) is 0 Å². The fourth-order valence-corrected chi connectivity index (χ4v) is 2.52. The maximum atomic E-state index is 12.2. The highest BCUT2D eigenvalue weighted by atomic mass is 35.5. The van der Waals surface area contributed by atoms with Crippen LogP contribution in [0.15, 0.2) is 42.5 Å². The first kappa shape index (κ1) is 22.5. The lowest BCUT2D eigenvalue weighted by atomic mass is 10.1. The van der Waals surface area contributed by atoms with Crippen molar-refractivity contribution < 1.29 is 19.1 Å². The van der Waals surface area contributed by atoms with Crippen LogP contribution in [-0.4, -0.2) is 39.0 Å². The molecule has 27 heavy (non-hydrogen) atoms. The molecule has 2 rings (SSSR count). The van der Waals surface area contributed by atoms with Crippen LogP contribution in [0, 0.1) is 0 Å². The molecule has 0 spiro atoms. The molecule has 2 aromatic carbocycles. The molecule has 146 valence electrons. The molecule has 0 aromatic heterocycles. The van der Waals surface area contributed by atoms with Crippen LogP contribution in [0.5, 0.6) is 11.5 Å². The fourth-order valence-electron chi connectivity index (χ4n) is 2.52. The van der Waals surface area contributed by atoms with Crippen LogP contribution in [0.25, 0.3) is 0 Å². The Morgan fingerprint density at radius 3 is 2.22 bits per heavy atom. The van der Waals surface area contributed by atoms with Gasteiger partial charge in [-0.25, -0.2) is 0 Å². The molecule has 0 aliphatic rings. The average molecular weight is 393 g/mol. The van der Waals surface area contributed by atoms with Gasteiger partial charge in [0.2, 0.25) is 5.91 Å². The normalized spacial score (nSPS) is 9.89. The second kappa shape index (κ2) is 11.2. The number of methoxy groups -OCH3 is 2. The zero-order chi connectivity index (χ0) is 18.9. The summed E-state index contributed by atoms with van der Waals surface area (Å²) in [6.07, 6.45) is 0.773. The van der Waals surface area contributed by atoms with Gasteiger partial charge in [-0.3, -0.25) is 9.59 Å². The van der Waals surface area contributed by atoms with Gasteiger partial charge in [0.25, 0.3) is 0 Å². The summed E-state index contributed by atoms with van der Waals surface area (Å²) in [5.74, 6) is 1.26. The van der Waals surface area contributed by atoms with Crippen molar-refractivity contribution in [2.75, 3.05) is 32.6 Å². The van der Waals surface area contributed by atoms with Gasteiger partial charge < -0.3 is 20.1 Å². The maximum Gasteiger partial charge on any atom is 0.221 e. The van der Waals surface area contributed by atoms with Crippen molar-refractivity contribution in [1.82, 2.24) is 5.32 Å². The number of Topliss-reactive ketones (excluding diaryl/α,β-unsaturated/α-hetero) is 1. The summed E-state index contributed by atoms with van der Waals surface area (Å²) in [6.45, 7) is 2.37. The molecular weight excluding hydrogens is 368 g/mol. The molecule has 0 radical (unpaired) electrons. The van der Waals surface area contributed by atoms with Crippen LogP contribution >= 0.6 is 12.4 Å². The predicted molar refractivity (Wildman–Crippen MR) is 108 cm³/mol. The van der Waals surface area contributed by atoms with Gasteiger partial charge in [-0.15, -0.1) is 12.4 Å². The fraction of sp³-hybridized carbons (Fsp3) is 0.300. The minimum atomic E-state index is -0.138. The Balaban J connectivity index is 0.00000364. The molecule has 1 amide bonds. The lowest BCUT2D eigenvalue weighted by Crippen LogP contribution is -2.25. The van der Waals surface area contributed by atoms with Gasteiger partial charge in [0.1, 0.15) is 0 Å². The molecule has 2 aromatic rings. The zero-order valence-electron chi connectivity index (χ0n) is 15.7. The molecule has 0 unspecified atom stereocenters. The molecule has 0 aliphatic heterocycles. The van der Waals surface area contributed by atoms with Crippen LogP contribution in [0.1, 0.15) is 22.8 Å². The molecule has 2 N–H and O–H groups in total. The summed E-state index contributed by atoms with van der Waals surface area (Å²) in [7, 11) is 3.21. The minimum Gasteiger partial charge on any atom is -0.493 e. The third kappa shape index (κ3) is 6.92. The maximum absolute atomic E-state index is 12.2. The number of ether oxygens (including phenoxy) is 2. The number of nitrogens with one attached hydrogen (secondary N) is 2. The summed E-state index contributed by atoms with van der Waals surface area (Å²) in [5, 5.41) is 5.83. The molecule has 0 saturated carbocycles. The number of amides is 1. The Kier molecular flexibility index (Phi) is 9.33. The summed E-state index contributed by atoms with van der Waals surface area (Å²) >= 11 is 0. The van der Waals surface area contributed by atoms with Crippen molar-refractivity contribution in [3.63, 3.8) is 0 Å². The highest BCUT2D eigenvalue weighted by Gasteiger charge is 2.07. The quantitative estimate of drug-likeness (QED) is 0.506. The van der Waals surface area contributed by atoms with Crippen LogP contribution in [0.2, 0.25) is 0 Å². The number of hydrogen-bond acceptors (Lipinski definition) is 5. The van der Waals surface area contributed by atoms with Crippen LogP contribution < -0.4 is 20.1 Å². The third-order valence-electron chi connectivity index (χ3n) is 3.85. The largest absolute Gasteiger partial charge is 0.493 e. The summed E-state index contributed by atoms with van der Waals surface area (Å²) in [4.78, 5) is 23.2. The van der Waals surface area contributed by atoms with Crippen molar-refractivity contribution in [2.45, 2.75) is 13.3 Å². The monoisotopic (exact) mass is 392 g/mol. The second-order valence-corrected chi connectivity index (χ2v) is 5.80. The lowest BCUT2D eigenvalue weighted by Gasteiger charge is -2.10. The first-order valence-corrected chi connectivity index (χ1v) is 8.36. The SMILES string of the molecule is COc1ccc(CCNCC(=O)c2ccc(NC(C)=O)cc2)cc1OC.Cl. The van der Waals surface area contributed by atoms with Gasteiger partial charge in [0.05, 0.1) is 20.8 Å².